The second-order valence-corrected chi connectivity index (χ2v) is 6.72. The topological polar surface area (TPSA) is 63.9 Å². The van der Waals surface area contributed by atoms with Gasteiger partial charge in [-0.3, -0.25) is 4.40 Å². The number of ether oxygens (including phenoxy) is 1. The predicted molar refractivity (Wildman–Crippen MR) is 74.4 cm³/mol. The Hall–Kier alpha value is -1.15. The lowest BCUT2D eigenvalue weighted by molar-refractivity contribution is 0.148. The number of imidazole rings is 1. The van der Waals surface area contributed by atoms with Gasteiger partial charge in [0.25, 0.3) is 10.0 Å². The molecule has 0 unspecified atom stereocenters. The molecular weight excluding hydrogens is 302 g/mol. The smallest absolute Gasteiger partial charge is 0.262 e. The highest BCUT2D eigenvalue weighted by Gasteiger charge is 2.31. The van der Waals surface area contributed by atoms with Gasteiger partial charge in [-0.25, -0.2) is 13.4 Å². The van der Waals surface area contributed by atoms with Gasteiger partial charge in [0.1, 0.15) is 5.65 Å². The molecule has 0 spiro atoms. The van der Waals surface area contributed by atoms with Crippen molar-refractivity contribution in [2.75, 3.05) is 26.3 Å². The fraction of sp³-hybridized carbons (Fsp3) is 0.417. The minimum Gasteiger partial charge on any atom is -0.380 e. The molecule has 3 heterocycles. The van der Waals surface area contributed by atoms with E-state index in [2.05, 4.69) is 4.98 Å². The number of sulfonamides is 1. The van der Waals surface area contributed by atoms with Crippen LogP contribution >= 0.6 is 11.6 Å². The number of hydrogen-bond donors (Lipinski definition) is 0. The molecule has 1 aliphatic rings. The summed E-state index contributed by atoms with van der Waals surface area (Å²) in [5.41, 5.74) is 0.516. The van der Waals surface area contributed by atoms with E-state index in [9.17, 15) is 8.42 Å². The first kappa shape index (κ1) is 13.8. The molecule has 1 fully saturated rings. The Morgan fingerprint density at radius 3 is 2.95 bits per heavy atom. The Kier molecular flexibility index (Phi) is 3.68. The van der Waals surface area contributed by atoms with Gasteiger partial charge in [0.15, 0.2) is 10.2 Å². The molecule has 0 aromatic carbocycles. The third-order valence-electron chi connectivity index (χ3n) is 3.21. The van der Waals surface area contributed by atoms with E-state index in [0.717, 1.165) is 0 Å². The van der Waals surface area contributed by atoms with E-state index in [1.807, 2.05) is 0 Å². The lowest BCUT2D eigenvalue weighted by atomic mass is 10.5. The Morgan fingerprint density at radius 1 is 1.25 bits per heavy atom. The van der Waals surface area contributed by atoms with Crippen LogP contribution in [-0.2, 0) is 14.8 Å². The summed E-state index contributed by atoms with van der Waals surface area (Å²) >= 11 is 6.04. The number of hydrogen-bond acceptors (Lipinski definition) is 4. The van der Waals surface area contributed by atoms with Crippen LogP contribution in [0.1, 0.15) is 6.42 Å². The van der Waals surface area contributed by atoms with E-state index in [0.29, 0.717) is 38.4 Å². The molecule has 3 rings (SSSR count). The zero-order valence-corrected chi connectivity index (χ0v) is 12.3. The lowest BCUT2D eigenvalue weighted by Gasteiger charge is -2.18. The Labute approximate surface area is 122 Å². The molecule has 0 radical (unpaired) electrons. The zero-order valence-electron chi connectivity index (χ0n) is 10.7. The first-order valence-electron chi connectivity index (χ1n) is 6.31. The second-order valence-electron chi connectivity index (χ2n) is 4.51. The average Bonchev–Trinajstić information content (AvgIpc) is 2.61. The van der Waals surface area contributed by atoms with Crippen molar-refractivity contribution in [2.24, 2.45) is 0 Å². The standard InChI is InChI=1S/C12H14ClN3O3S/c13-11-12(16-6-2-1-4-10(16)14-11)20(17,18)15-5-3-8-19-9-7-15/h1-2,4,6H,3,5,7-9H2. The zero-order chi connectivity index (χ0) is 14.2. The summed E-state index contributed by atoms with van der Waals surface area (Å²) in [6, 6.07) is 5.25. The van der Waals surface area contributed by atoms with E-state index in [1.165, 1.54) is 8.71 Å². The fourth-order valence-corrected chi connectivity index (χ4v) is 4.32. The van der Waals surface area contributed by atoms with Gasteiger partial charge in [-0.1, -0.05) is 17.7 Å². The Balaban J connectivity index is 2.11. The molecule has 2 aromatic rings. The second kappa shape index (κ2) is 5.33. The molecule has 108 valence electrons. The van der Waals surface area contributed by atoms with Gasteiger partial charge < -0.3 is 4.74 Å². The number of fused-ring (bicyclic) bond motifs is 1. The Bertz CT molecular complexity index is 721. The fourth-order valence-electron chi connectivity index (χ4n) is 2.26. The molecular formula is C12H14ClN3O3S. The maximum atomic E-state index is 12.8. The van der Waals surface area contributed by atoms with Crippen LogP contribution in [0.4, 0.5) is 0 Å². The molecule has 0 bridgehead atoms. The van der Waals surface area contributed by atoms with Gasteiger partial charge in [-0.05, 0) is 18.6 Å². The van der Waals surface area contributed by atoms with Crippen molar-refractivity contribution < 1.29 is 13.2 Å². The molecule has 6 nitrogen and oxygen atoms in total. The molecule has 0 saturated carbocycles. The molecule has 0 aliphatic carbocycles. The summed E-state index contributed by atoms with van der Waals surface area (Å²) in [5.74, 6) is 0. The van der Waals surface area contributed by atoms with E-state index >= 15 is 0 Å². The van der Waals surface area contributed by atoms with Crippen molar-refractivity contribution in [1.29, 1.82) is 0 Å². The van der Waals surface area contributed by atoms with Crippen LogP contribution in [0.15, 0.2) is 29.4 Å². The van der Waals surface area contributed by atoms with Crippen molar-refractivity contribution in [3.8, 4) is 0 Å². The third-order valence-corrected chi connectivity index (χ3v) is 5.51. The summed E-state index contributed by atoms with van der Waals surface area (Å²) in [4.78, 5) is 4.09. The number of pyridine rings is 1. The highest BCUT2D eigenvalue weighted by Crippen LogP contribution is 2.26. The number of halogens is 1. The summed E-state index contributed by atoms with van der Waals surface area (Å²) in [7, 11) is -3.68. The van der Waals surface area contributed by atoms with Crippen LogP contribution in [0, 0.1) is 0 Å². The van der Waals surface area contributed by atoms with E-state index in [1.54, 1.807) is 24.4 Å². The van der Waals surface area contributed by atoms with Crippen LogP contribution in [0.5, 0.6) is 0 Å². The van der Waals surface area contributed by atoms with Crippen LogP contribution < -0.4 is 0 Å². The first-order valence-corrected chi connectivity index (χ1v) is 8.13. The average molecular weight is 316 g/mol. The van der Waals surface area contributed by atoms with Crippen LogP contribution in [0.2, 0.25) is 5.15 Å². The van der Waals surface area contributed by atoms with Gasteiger partial charge >= 0.3 is 0 Å². The van der Waals surface area contributed by atoms with E-state index in [4.69, 9.17) is 16.3 Å². The minimum atomic E-state index is -3.68. The van der Waals surface area contributed by atoms with Crippen molar-refractivity contribution in [3.05, 3.63) is 29.5 Å². The van der Waals surface area contributed by atoms with Crippen molar-refractivity contribution in [2.45, 2.75) is 11.4 Å². The van der Waals surface area contributed by atoms with Crippen molar-refractivity contribution in [1.82, 2.24) is 13.7 Å². The van der Waals surface area contributed by atoms with Crippen molar-refractivity contribution >= 4 is 27.3 Å². The van der Waals surface area contributed by atoms with E-state index < -0.39 is 10.0 Å². The molecule has 0 N–H and O–H groups in total. The molecule has 1 aliphatic heterocycles. The molecule has 1 saturated heterocycles. The van der Waals surface area contributed by atoms with E-state index in [-0.39, 0.29) is 10.2 Å². The third kappa shape index (κ3) is 2.31. The molecule has 0 amide bonds. The number of nitrogens with zero attached hydrogens (tertiary/aromatic N) is 3. The lowest BCUT2D eigenvalue weighted by Crippen LogP contribution is -2.34. The monoisotopic (exact) mass is 315 g/mol. The van der Waals surface area contributed by atoms with Gasteiger partial charge in [0, 0.05) is 25.9 Å². The van der Waals surface area contributed by atoms with Gasteiger partial charge in [-0.2, -0.15) is 4.31 Å². The Morgan fingerprint density at radius 2 is 2.10 bits per heavy atom. The van der Waals surface area contributed by atoms with Gasteiger partial charge in [0.05, 0.1) is 6.61 Å². The predicted octanol–water partition coefficient (Wildman–Crippen LogP) is 1.40. The summed E-state index contributed by atoms with van der Waals surface area (Å²) in [5, 5.41) is 0.0260. The maximum Gasteiger partial charge on any atom is 0.262 e. The molecule has 20 heavy (non-hydrogen) atoms. The number of aromatic nitrogens is 2. The van der Waals surface area contributed by atoms with Gasteiger partial charge in [0.2, 0.25) is 0 Å². The van der Waals surface area contributed by atoms with Crippen LogP contribution in [0.3, 0.4) is 0 Å². The molecule has 8 heteroatoms. The van der Waals surface area contributed by atoms with Crippen LogP contribution in [0.25, 0.3) is 5.65 Å². The van der Waals surface area contributed by atoms with Crippen molar-refractivity contribution in [3.63, 3.8) is 0 Å². The highest BCUT2D eigenvalue weighted by molar-refractivity contribution is 7.89. The summed E-state index contributed by atoms with van der Waals surface area (Å²) in [6.45, 7) is 1.73. The molecule has 2 aromatic heterocycles. The summed E-state index contributed by atoms with van der Waals surface area (Å²) in [6.07, 6.45) is 2.32. The SMILES string of the molecule is O=S(=O)(c1c(Cl)nc2ccccn12)N1CCCOCC1. The largest absolute Gasteiger partial charge is 0.380 e. The van der Waals surface area contributed by atoms with Gasteiger partial charge in [-0.15, -0.1) is 0 Å². The molecule has 0 atom stereocenters. The minimum absolute atomic E-state index is 0.00126. The summed E-state index contributed by atoms with van der Waals surface area (Å²) < 4.78 is 33.7. The first-order chi connectivity index (χ1) is 9.60. The quantitative estimate of drug-likeness (QED) is 0.840. The number of rotatable bonds is 2. The highest BCUT2D eigenvalue weighted by atomic mass is 35.5. The normalized spacial score (nSPS) is 18.2. The maximum absolute atomic E-state index is 12.8. The van der Waals surface area contributed by atoms with Crippen LogP contribution in [-0.4, -0.2) is 48.4 Å².